The predicted molar refractivity (Wildman–Crippen MR) is 125 cm³/mol. The zero-order valence-corrected chi connectivity index (χ0v) is 18.7. The Balaban J connectivity index is 1.20. The van der Waals surface area contributed by atoms with E-state index >= 15 is 0 Å². The van der Waals surface area contributed by atoms with Crippen LogP contribution in [-0.2, 0) is 9.59 Å². The van der Waals surface area contributed by atoms with Gasteiger partial charge in [0, 0.05) is 17.3 Å². The number of carbonyl (C=O) groups is 2. The van der Waals surface area contributed by atoms with E-state index in [9.17, 15) is 9.59 Å². The van der Waals surface area contributed by atoms with Gasteiger partial charge in [0.15, 0.2) is 0 Å². The largest absolute Gasteiger partial charge is 0.345 e. The van der Waals surface area contributed by atoms with Crippen molar-refractivity contribution in [1.82, 2.24) is 10.3 Å². The fourth-order valence-corrected chi connectivity index (χ4v) is 6.39. The lowest BCUT2D eigenvalue weighted by Crippen LogP contribution is -2.45. The van der Waals surface area contributed by atoms with Crippen LogP contribution < -0.4 is 10.6 Å². The minimum Gasteiger partial charge on any atom is -0.345 e. The second-order valence-electron chi connectivity index (χ2n) is 9.12. The van der Waals surface area contributed by atoms with Crippen LogP contribution in [0.4, 0.5) is 5.69 Å². The van der Waals surface area contributed by atoms with E-state index in [4.69, 9.17) is 4.98 Å². The van der Waals surface area contributed by atoms with Crippen molar-refractivity contribution in [2.24, 2.45) is 17.8 Å². The van der Waals surface area contributed by atoms with E-state index in [1.807, 2.05) is 37.3 Å². The third kappa shape index (κ3) is 4.09. The number of hydrogen-bond donors (Lipinski definition) is 2. The molecule has 2 fully saturated rings. The zero-order valence-electron chi connectivity index (χ0n) is 17.9. The summed E-state index contributed by atoms with van der Waals surface area (Å²) in [6.45, 7) is 4.11. The summed E-state index contributed by atoms with van der Waals surface area (Å²) in [6, 6.07) is 13.8. The number of benzene rings is 2. The first-order chi connectivity index (χ1) is 15.0. The van der Waals surface area contributed by atoms with Crippen LogP contribution in [0.3, 0.4) is 0 Å². The molecule has 5 rings (SSSR count). The molecule has 0 radical (unpaired) electrons. The first kappa shape index (κ1) is 20.2. The van der Waals surface area contributed by atoms with Crippen molar-refractivity contribution in [3.8, 4) is 10.6 Å². The summed E-state index contributed by atoms with van der Waals surface area (Å²) in [6.07, 6.45) is 5.07. The highest BCUT2D eigenvalue weighted by atomic mass is 32.1. The summed E-state index contributed by atoms with van der Waals surface area (Å²) in [5.41, 5.74) is 3.80. The van der Waals surface area contributed by atoms with Crippen LogP contribution in [0.1, 0.15) is 38.2 Å². The molecular weight excluding hydrogens is 406 g/mol. The van der Waals surface area contributed by atoms with Crippen molar-refractivity contribution < 1.29 is 9.59 Å². The molecule has 2 saturated carbocycles. The van der Waals surface area contributed by atoms with Gasteiger partial charge in [-0.25, -0.2) is 4.98 Å². The van der Waals surface area contributed by atoms with E-state index in [1.54, 1.807) is 11.3 Å². The number of nitrogens with one attached hydrogen (secondary N) is 2. The van der Waals surface area contributed by atoms with Crippen LogP contribution >= 0.6 is 11.3 Å². The molecule has 0 aliphatic heterocycles. The topological polar surface area (TPSA) is 71.1 Å². The Morgan fingerprint density at radius 1 is 1.06 bits per heavy atom. The summed E-state index contributed by atoms with van der Waals surface area (Å²) >= 11 is 1.65. The summed E-state index contributed by atoms with van der Waals surface area (Å²) in [5, 5.41) is 6.58. The Morgan fingerprint density at radius 3 is 2.58 bits per heavy atom. The molecule has 2 bridgehead atoms. The standard InChI is InChI=1S/C25H27N3O2S/c1-14-3-10-21-22(11-14)31-25(28-21)17-6-8-19(9-7-17)27-24(30)23(29)26-15(2)20-13-16-4-5-18(20)12-16/h3,6-11,15-16,18,20H,4-5,12-13H2,1-2H3,(H,26,29)(H,27,30). The van der Waals surface area contributed by atoms with Gasteiger partial charge >= 0.3 is 11.8 Å². The number of fused-ring (bicyclic) bond motifs is 3. The molecule has 3 aromatic rings. The maximum absolute atomic E-state index is 12.4. The van der Waals surface area contributed by atoms with Crippen LogP contribution in [0.25, 0.3) is 20.8 Å². The smallest absolute Gasteiger partial charge is 0.313 e. The average Bonchev–Trinajstić information content (AvgIpc) is 3.49. The van der Waals surface area contributed by atoms with Gasteiger partial charge in [0.1, 0.15) is 5.01 Å². The number of aryl methyl sites for hydroxylation is 1. The van der Waals surface area contributed by atoms with E-state index < -0.39 is 11.8 Å². The van der Waals surface area contributed by atoms with E-state index in [0.717, 1.165) is 26.7 Å². The van der Waals surface area contributed by atoms with Crippen molar-refractivity contribution in [1.29, 1.82) is 0 Å². The Kier molecular flexibility index (Phi) is 5.26. The minimum atomic E-state index is -0.613. The van der Waals surface area contributed by atoms with Gasteiger partial charge in [0.05, 0.1) is 10.2 Å². The molecule has 2 aromatic carbocycles. The molecular formula is C25H27N3O2S. The van der Waals surface area contributed by atoms with E-state index in [0.29, 0.717) is 17.5 Å². The van der Waals surface area contributed by atoms with E-state index in [2.05, 4.69) is 29.7 Å². The highest BCUT2D eigenvalue weighted by molar-refractivity contribution is 7.21. The van der Waals surface area contributed by atoms with Crippen molar-refractivity contribution in [3.63, 3.8) is 0 Å². The van der Waals surface area contributed by atoms with Crippen LogP contribution in [0.2, 0.25) is 0 Å². The number of nitrogens with zero attached hydrogens (tertiary/aromatic N) is 1. The summed E-state index contributed by atoms with van der Waals surface area (Å²) in [5.74, 6) is 0.870. The van der Waals surface area contributed by atoms with Gasteiger partial charge < -0.3 is 10.6 Å². The van der Waals surface area contributed by atoms with Crippen LogP contribution in [-0.4, -0.2) is 22.8 Å². The molecule has 1 heterocycles. The van der Waals surface area contributed by atoms with E-state index in [-0.39, 0.29) is 6.04 Å². The van der Waals surface area contributed by atoms with Crippen molar-refractivity contribution >= 4 is 39.1 Å². The van der Waals surface area contributed by atoms with Crippen molar-refractivity contribution in [2.45, 2.75) is 45.6 Å². The first-order valence-corrected chi connectivity index (χ1v) is 11.9. The number of carbonyl (C=O) groups excluding carboxylic acids is 2. The van der Waals surface area contributed by atoms with Gasteiger partial charge in [-0.2, -0.15) is 0 Å². The highest BCUT2D eigenvalue weighted by Gasteiger charge is 2.42. The SMILES string of the molecule is Cc1ccc2nc(-c3ccc(NC(=O)C(=O)NC(C)C4CC5CCC4C5)cc3)sc2c1. The Morgan fingerprint density at radius 2 is 1.87 bits per heavy atom. The molecule has 0 saturated heterocycles. The zero-order chi connectivity index (χ0) is 21.5. The third-order valence-corrected chi connectivity index (χ3v) is 8.00. The molecule has 31 heavy (non-hydrogen) atoms. The second-order valence-corrected chi connectivity index (χ2v) is 10.2. The van der Waals surface area contributed by atoms with Gasteiger partial charge in [0.25, 0.3) is 0 Å². The number of amides is 2. The monoisotopic (exact) mass is 433 g/mol. The highest BCUT2D eigenvalue weighted by Crippen LogP contribution is 2.49. The fraction of sp³-hybridized carbons (Fsp3) is 0.400. The average molecular weight is 434 g/mol. The maximum Gasteiger partial charge on any atom is 0.313 e. The number of hydrogen-bond acceptors (Lipinski definition) is 4. The number of anilines is 1. The maximum atomic E-state index is 12.4. The normalized spacial score (nSPS) is 23.1. The second kappa shape index (κ2) is 8.08. The minimum absolute atomic E-state index is 0.0404. The predicted octanol–water partition coefficient (Wildman–Crippen LogP) is 5.15. The number of rotatable bonds is 4. The van der Waals surface area contributed by atoms with Gasteiger partial charge in [-0.05, 0) is 92.8 Å². The fourth-order valence-electron chi connectivity index (χ4n) is 5.32. The lowest BCUT2D eigenvalue weighted by molar-refractivity contribution is -0.136. The van der Waals surface area contributed by atoms with Crippen molar-refractivity contribution in [2.75, 3.05) is 5.32 Å². The quantitative estimate of drug-likeness (QED) is 0.559. The molecule has 0 spiro atoms. The summed E-state index contributed by atoms with van der Waals surface area (Å²) < 4.78 is 1.16. The van der Waals surface area contributed by atoms with Gasteiger partial charge in [0.2, 0.25) is 0 Å². The van der Waals surface area contributed by atoms with Crippen LogP contribution in [0.15, 0.2) is 42.5 Å². The molecule has 2 N–H and O–H groups in total. The number of aromatic nitrogens is 1. The van der Waals surface area contributed by atoms with Crippen molar-refractivity contribution in [3.05, 3.63) is 48.0 Å². The summed E-state index contributed by atoms with van der Waals surface area (Å²) in [4.78, 5) is 29.5. The third-order valence-electron chi connectivity index (χ3n) is 6.93. The Hall–Kier alpha value is -2.73. The Bertz CT molecular complexity index is 1140. The molecule has 1 aromatic heterocycles. The Labute approximate surface area is 186 Å². The van der Waals surface area contributed by atoms with Gasteiger partial charge in [-0.1, -0.05) is 12.5 Å². The molecule has 2 amide bonds. The first-order valence-electron chi connectivity index (χ1n) is 11.1. The summed E-state index contributed by atoms with van der Waals surface area (Å²) in [7, 11) is 0. The molecule has 5 nitrogen and oxygen atoms in total. The molecule has 160 valence electrons. The molecule has 2 aliphatic rings. The molecule has 4 atom stereocenters. The molecule has 4 unspecified atom stereocenters. The van der Waals surface area contributed by atoms with E-state index in [1.165, 1.54) is 31.2 Å². The van der Waals surface area contributed by atoms with Crippen LogP contribution in [0.5, 0.6) is 0 Å². The number of thiazole rings is 1. The molecule has 6 heteroatoms. The molecule has 2 aliphatic carbocycles. The van der Waals surface area contributed by atoms with Crippen LogP contribution in [0, 0.1) is 24.7 Å². The lowest BCUT2D eigenvalue weighted by Gasteiger charge is -2.28. The van der Waals surface area contributed by atoms with Gasteiger partial charge in [-0.3, -0.25) is 9.59 Å². The lowest BCUT2D eigenvalue weighted by atomic mass is 9.84. The van der Waals surface area contributed by atoms with Gasteiger partial charge in [-0.15, -0.1) is 11.3 Å².